The van der Waals surface area contributed by atoms with Gasteiger partial charge in [0.1, 0.15) is 5.75 Å². The average molecular weight is 280 g/mol. The maximum atomic E-state index is 9.88. The Hall–Kier alpha value is -1.06. The fourth-order valence-corrected chi connectivity index (χ4v) is 2.42. The predicted molar refractivity (Wildman–Crippen MR) is 82.3 cm³/mol. The molecule has 0 aliphatic rings. The lowest BCUT2D eigenvalue weighted by Gasteiger charge is -2.23. The summed E-state index contributed by atoms with van der Waals surface area (Å²) in [6, 6.07) is 6.14. The molecule has 0 spiro atoms. The van der Waals surface area contributed by atoms with Gasteiger partial charge in [0.05, 0.1) is 18.8 Å². The van der Waals surface area contributed by atoms with E-state index in [2.05, 4.69) is 32.9 Å². The molecule has 0 bridgehead atoms. The van der Waals surface area contributed by atoms with Gasteiger partial charge in [-0.3, -0.25) is 0 Å². The Labute approximate surface area is 122 Å². The van der Waals surface area contributed by atoms with E-state index in [1.807, 2.05) is 6.07 Å². The maximum absolute atomic E-state index is 9.88. The quantitative estimate of drug-likeness (QED) is 0.767. The second-order valence-corrected chi connectivity index (χ2v) is 5.52. The third-order valence-electron chi connectivity index (χ3n) is 3.73. The van der Waals surface area contributed by atoms with Gasteiger partial charge >= 0.3 is 0 Å². The molecule has 0 saturated heterocycles. The van der Waals surface area contributed by atoms with E-state index in [0.29, 0.717) is 6.42 Å². The van der Waals surface area contributed by atoms with Crippen molar-refractivity contribution in [2.75, 3.05) is 6.61 Å². The molecule has 0 aromatic heterocycles. The van der Waals surface area contributed by atoms with Gasteiger partial charge in [0, 0.05) is 0 Å². The zero-order valence-corrected chi connectivity index (χ0v) is 13.1. The fraction of sp³-hybridized carbons (Fsp3) is 0.647. The van der Waals surface area contributed by atoms with Crippen molar-refractivity contribution in [2.24, 2.45) is 0 Å². The molecule has 0 amide bonds. The van der Waals surface area contributed by atoms with E-state index in [-0.39, 0.29) is 5.92 Å². The number of benzene rings is 1. The Kier molecular flexibility index (Phi) is 7.03. The topological polar surface area (TPSA) is 49.7 Å². The van der Waals surface area contributed by atoms with E-state index < -0.39 is 12.2 Å². The molecule has 0 saturated carbocycles. The van der Waals surface area contributed by atoms with Crippen molar-refractivity contribution in [3.8, 4) is 5.75 Å². The van der Waals surface area contributed by atoms with Gasteiger partial charge in [-0.1, -0.05) is 19.9 Å². The molecule has 1 aromatic rings. The summed E-state index contributed by atoms with van der Waals surface area (Å²) < 4.78 is 5.63. The monoisotopic (exact) mass is 280 g/mol. The summed E-state index contributed by atoms with van der Waals surface area (Å²) in [5, 5.41) is 19.3. The lowest BCUT2D eigenvalue weighted by atomic mass is 9.87. The van der Waals surface area contributed by atoms with Gasteiger partial charge in [0.2, 0.25) is 0 Å². The molecule has 2 N–H and O–H groups in total. The van der Waals surface area contributed by atoms with Gasteiger partial charge < -0.3 is 14.9 Å². The van der Waals surface area contributed by atoms with Crippen molar-refractivity contribution < 1.29 is 14.9 Å². The smallest absolute Gasteiger partial charge is 0.119 e. The average Bonchev–Trinajstić information content (AvgIpc) is 2.42. The van der Waals surface area contributed by atoms with Gasteiger partial charge in [-0.25, -0.2) is 0 Å². The van der Waals surface area contributed by atoms with Gasteiger partial charge in [-0.05, 0) is 62.3 Å². The molecule has 3 atom stereocenters. The number of aliphatic hydroxyl groups is 2. The predicted octanol–water partition coefficient (Wildman–Crippen LogP) is 3.41. The van der Waals surface area contributed by atoms with Crippen LogP contribution in [0.15, 0.2) is 18.2 Å². The number of hydrogen-bond acceptors (Lipinski definition) is 3. The minimum absolute atomic E-state index is 0.264. The number of hydrogen-bond donors (Lipinski definition) is 2. The number of aliphatic hydroxyl groups excluding tert-OH is 2. The minimum atomic E-state index is -0.684. The molecular formula is C17H28O3. The van der Waals surface area contributed by atoms with Gasteiger partial charge in [-0.2, -0.15) is 0 Å². The Balaban J connectivity index is 2.82. The summed E-state index contributed by atoms with van der Waals surface area (Å²) >= 11 is 0. The van der Waals surface area contributed by atoms with Crippen LogP contribution in [-0.4, -0.2) is 29.0 Å². The lowest BCUT2D eigenvalue weighted by molar-refractivity contribution is 0.0214. The highest BCUT2D eigenvalue weighted by Gasteiger charge is 2.20. The maximum Gasteiger partial charge on any atom is 0.119 e. The summed E-state index contributed by atoms with van der Waals surface area (Å²) in [6.45, 7) is 8.64. The minimum Gasteiger partial charge on any atom is -0.494 e. The highest BCUT2D eigenvalue weighted by atomic mass is 16.5. The molecule has 3 nitrogen and oxygen atoms in total. The molecule has 0 heterocycles. The van der Waals surface area contributed by atoms with Crippen LogP contribution in [0.5, 0.6) is 5.75 Å². The van der Waals surface area contributed by atoms with Crippen LogP contribution in [0, 0.1) is 6.92 Å². The van der Waals surface area contributed by atoms with Crippen LogP contribution < -0.4 is 4.74 Å². The Morgan fingerprint density at radius 1 is 1.20 bits per heavy atom. The Morgan fingerprint density at radius 2 is 1.90 bits per heavy atom. The molecule has 114 valence electrons. The second-order valence-electron chi connectivity index (χ2n) is 5.52. The molecule has 1 rings (SSSR count). The van der Waals surface area contributed by atoms with E-state index >= 15 is 0 Å². The summed E-state index contributed by atoms with van der Waals surface area (Å²) in [5.41, 5.74) is 2.42. The van der Waals surface area contributed by atoms with Crippen molar-refractivity contribution >= 4 is 0 Å². The van der Waals surface area contributed by atoms with Crippen molar-refractivity contribution in [3.05, 3.63) is 29.3 Å². The highest BCUT2D eigenvalue weighted by Crippen LogP contribution is 2.30. The Morgan fingerprint density at radius 3 is 2.40 bits per heavy atom. The van der Waals surface area contributed by atoms with Gasteiger partial charge in [0.15, 0.2) is 0 Å². The first-order valence-electron chi connectivity index (χ1n) is 7.59. The first-order chi connectivity index (χ1) is 9.49. The summed E-state index contributed by atoms with van der Waals surface area (Å²) in [4.78, 5) is 0. The lowest BCUT2D eigenvalue weighted by Crippen LogP contribution is -2.25. The molecule has 1 aromatic carbocycles. The zero-order chi connectivity index (χ0) is 15.1. The van der Waals surface area contributed by atoms with E-state index in [1.54, 1.807) is 6.92 Å². The van der Waals surface area contributed by atoms with Crippen LogP contribution in [0.4, 0.5) is 0 Å². The normalized spacial score (nSPS) is 15.7. The first kappa shape index (κ1) is 17.0. The van der Waals surface area contributed by atoms with Crippen LogP contribution in [0.2, 0.25) is 0 Å². The molecule has 3 heteroatoms. The van der Waals surface area contributed by atoms with Crippen molar-refractivity contribution in [1.29, 1.82) is 0 Å². The third-order valence-corrected chi connectivity index (χ3v) is 3.73. The molecule has 3 unspecified atom stereocenters. The van der Waals surface area contributed by atoms with Crippen LogP contribution in [-0.2, 0) is 0 Å². The highest BCUT2D eigenvalue weighted by molar-refractivity contribution is 5.37. The van der Waals surface area contributed by atoms with Crippen LogP contribution in [0.1, 0.15) is 57.1 Å². The van der Waals surface area contributed by atoms with E-state index in [4.69, 9.17) is 4.74 Å². The van der Waals surface area contributed by atoms with Crippen LogP contribution >= 0.6 is 0 Å². The van der Waals surface area contributed by atoms with Crippen molar-refractivity contribution in [2.45, 2.75) is 65.1 Å². The zero-order valence-electron chi connectivity index (χ0n) is 13.1. The van der Waals surface area contributed by atoms with E-state index in [9.17, 15) is 10.2 Å². The molecule has 0 radical (unpaired) electrons. The Bertz CT molecular complexity index is 401. The fourth-order valence-electron chi connectivity index (χ4n) is 2.42. The summed E-state index contributed by atoms with van der Waals surface area (Å²) in [5.74, 6) is 1.17. The number of aryl methyl sites for hydroxylation is 1. The summed E-state index contributed by atoms with van der Waals surface area (Å²) in [7, 11) is 0. The molecule has 0 aliphatic heterocycles. The first-order valence-corrected chi connectivity index (χ1v) is 7.59. The van der Waals surface area contributed by atoms with Crippen LogP contribution in [0.3, 0.4) is 0 Å². The van der Waals surface area contributed by atoms with E-state index in [0.717, 1.165) is 25.2 Å². The molecule has 20 heavy (non-hydrogen) atoms. The molecular weight excluding hydrogens is 252 g/mol. The molecule has 0 fully saturated rings. The standard InChI is InChI=1S/C17H28O3/c1-5-9-20-15-7-8-16(12(3)10-15)14(6-2)11-17(19)13(4)18/h7-8,10,13-14,17-19H,5-6,9,11H2,1-4H3. The molecule has 0 aliphatic carbocycles. The second kappa shape index (κ2) is 8.28. The number of rotatable bonds is 8. The SMILES string of the molecule is CCCOc1ccc(C(CC)CC(O)C(C)O)c(C)c1. The van der Waals surface area contributed by atoms with Gasteiger partial charge in [-0.15, -0.1) is 0 Å². The number of ether oxygens (including phenoxy) is 1. The van der Waals surface area contributed by atoms with Crippen molar-refractivity contribution in [1.82, 2.24) is 0 Å². The van der Waals surface area contributed by atoms with E-state index in [1.165, 1.54) is 11.1 Å². The van der Waals surface area contributed by atoms with Crippen LogP contribution in [0.25, 0.3) is 0 Å². The van der Waals surface area contributed by atoms with Gasteiger partial charge in [0.25, 0.3) is 0 Å². The largest absolute Gasteiger partial charge is 0.494 e. The summed E-state index contributed by atoms with van der Waals surface area (Å²) in [6.07, 6.45) is 1.18. The van der Waals surface area contributed by atoms with Crippen molar-refractivity contribution in [3.63, 3.8) is 0 Å². The third kappa shape index (κ3) is 4.80.